The van der Waals surface area contributed by atoms with Crippen LogP contribution in [0.15, 0.2) is 42.5 Å². The predicted molar refractivity (Wildman–Crippen MR) is 77.0 cm³/mol. The lowest BCUT2D eigenvalue weighted by molar-refractivity contribution is 0.108. The summed E-state index contributed by atoms with van der Waals surface area (Å²) < 4.78 is 22.6. The SMILES string of the molecule is NCc1ccc2c(c1)OCO2.O=C(Cl)c1cccc(F)c1. The molecule has 0 radical (unpaired) electrons. The molecule has 0 saturated heterocycles. The van der Waals surface area contributed by atoms with E-state index >= 15 is 0 Å². The number of rotatable bonds is 2. The molecule has 6 heteroatoms. The third kappa shape index (κ3) is 4.18. The van der Waals surface area contributed by atoms with Crippen molar-refractivity contribution in [1.82, 2.24) is 0 Å². The highest BCUT2D eigenvalue weighted by atomic mass is 35.5. The van der Waals surface area contributed by atoms with Crippen LogP contribution in [0.3, 0.4) is 0 Å². The van der Waals surface area contributed by atoms with Gasteiger partial charge in [0, 0.05) is 12.1 Å². The molecule has 110 valence electrons. The van der Waals surface area contributed by atoms with Gasteiger partial charge in [0.2, 0.25) is 6.79 Å². The fourth-order valence-corrected chi connectivity index (χ4v) is 1.80. The predicted octanol–water partition coefficient (Wildman–Crippen LogP) is 3.08. The van der Waals surface area contributed by atoms with Gasteiger partial charge in [-0.05, 0) is 47.5 Å². The van der Waals surface area contributed by atoms with E-state index in [9.17, 15) is 9.18 Å². The maximum absolute atomic E-state index is 12.3. The molecule has 1 heterocycles. The smallest absolute Gasteiger partial charge is 0.252 e. The van der Waals surface area contributed by atoms with Crippen molar-refractivity contribution < 1.29 is 18.7 Å². The van der Waals surface area contributed by atoms with Crippen molar-refractivity contribution in [3.8, 4) is 11.5 Å². The van der Waals surface area contributed by atoms with Crippen molar-refractivity contribution in [1.29, 1.82) is 0 Å². The van der Waals surface area contributed by atoms with Crippen LogP contribution in [0.25, 0.3) is 0 Å². The van der Waals surface area contributed by atoms with Crippen molar-refractivity contribution >= 4 is 16.8 Å². The van der Waals surface area contributed by atoms with Crippen LogP contribution in [0.1, 0.15) is 15.9 Å². The van der Waals surface area contributed by atoms with Crippen LogP contribution in [0.5, 0.6) is 11.5 Å². The van der Waals surface area contributed by atoms with Crippen molar-refractivity contribution in [2.75, 3.05) is 6.79 Å². The van der Waals surface area contributed by atoms with Crippen LogP contribution in [0, 0.1) is 5.82 Å². The first-order chi connectivity index (χ1) is 10.1. The van der Waals surface area contributed by atoms with E-state index in [1.54, 1.807) is 0 Å². The Balaban J connectivity index is 0.000000155. The van der Waals surface area contributed by atoms with E-state index in [-0.39, 0.29) is 5.56 Å². The van der Waals surface area contributed by atoms with E-state index in [0.29, 0.717) is 13.3 Å². The number of halogens is 2. The highest BCUT2D eigenvalue weighted by Crippen LogP contribution is 2.32. The Morgan fingerprint density at radius 3 is 2.57 bits per heavy atom. The molecule has 0 saturated carbocycles. The summed E-state index contributed by atoms with van der Waals surface area (Å²) >= 11 is 5.07. The van der Waals surface area contributed by atoms with E-state index in [2.05, 4.69) is 0 Å². The molecule has 0 spiro atoms. The van der Waals surface area contributed by atoms with Crippen LogP contribution in [-0.4, -0.2) is 12.0 Å². The van der Waals surface area contributed by atoms with Crippen LogP contribution >= 0.6 is 11.6 Å². The van der Waals surface area contributed by atoms with Gasteiger partial charge in [0.05, 0.1) is 0 Å². The molecule has 2 N–H and O–H groups in total. The average Bonchev–Trinajstić information content (AvgIpc) is 2.95. The second-order valence-corrected chi connectivity index (χ2v) is 4.52. The maximum Gasteiger partial charge on any atom is 0.252 e. The van der Waals surface area contributed by atoms with Gasteiger partial charge >= 0.3 is 0 Å². The van der Waals surface area contributed by atoms with E-state index in [0.717, 1.165) is 23.1 Å². The van der Waals surface area contributed by atoms with Gasteiger partial charge in [-0.15, -0.1) is 0 Å². The molecule has 2 aromatic rings. The monoisotopic (exact) mass is 309 g/mol. The number of benzene rings is 2. The second kappa shape index (κ2) is 7.06. The molecule has 0 amide bonds. The van der Waals surface area contributed by atoms with E-state index < -0.39 is 11.1 Å². The van der Waals surface area contributed by atoms with Crippen LogP contribution in [-0.2, 0) is 6.54 Å². The number of hydrogen-bond acceptors (Lipinski definition) is 4. The zero-order valence-electron chi connectivity index (χ0n) is 11.0. The molecule has 3 rings (SSSR count). The summed E-state index contributed by atoms with van der Waals surface area (Å²) in [5.74, 6) is 1.15. The minimum absolute atomic E-state index is 0.182. The third-order valence-corrected chi connectivity index (χ3v) is 2.94. The molecule has 2 aromatic carbocycles. The number of nitrogens with two attached hydrogens (primary N) is 1. The highest BCUT2D eigenvalue weighted by Gasteiger charge is 2.12. The molecule has 0 fully saturated rings. The number of hydrogen-bond donors (Lipinski definition) is 1. The topological polar surface area (TPSA) is 61.6 Å². The summed E-state index contributed by atoms with van der Waals surface area (Å²) in [7, 11) is 0. The molecular weight excluding hydrogens is 297 g/mol. The molecular formula is C15H13ClFNO3. The van der Waals surface area contributed by atoms with Crippen molar-refractivity contribution in [3.63, 3.8) is 0 Å². The highest BCUT2D eigenvalue weighted by molar-refractivity contribution is 6.67. The first-order valence-corrected chi connectivity index (χ1v) is 6.52. The molecule has 1 aliphatic heterocycles. The summed E-state index contributed by atoms with van der Waals surface area (Å²) in [4.78, 5) is 10.4. The lowest BCUT2D eigenvalue weighted by atomic mass is 10.2. The summed E-state index contributed by atoms with van der Waals surface area (Å²) in [6.07, 6.45) is 0. The Morgan fingerprint density at radius 1 is 1.19 bits per heavy atom. The van der Waals surface area contributed by atoms with Gasteiger partial charge in [0.1, 0.15) is 5.82 Å². The lowest BCUT2D eigenvalue weighted by Crippen LogP contribution is -1.95. The Morgan fingerprint density at radius 2 is 1.95 bits per heavy atom. The zero-order chi connectivity index (χ0) is 15.2. The molecule has 0 aliphatic carbocycles. The summed E-state index contributed by atoms with van der Waals surface area (Å²) in [6.45, 7) is 0.861. The largest absolute Gasteiger partial charge is 0.454 e. The standard InChI is InChI=1S/C8H9NO2.C7H4ClFO/c9-4-6-1-2-7-8(3-6)11-5-10-7;8-7(10)5-2-1-3-6(9)4-5/h1-3H,4-5,9H2;1-4H. The van der Waals surface area contributed by atoms with E-state index in [1.807, 2.05) is 18.2 Å². The van der Waals surface area contributed by atoms with Gasteiger partial charge in [0.25, 0.3) is 5.24 Å². The zero-order valence-corrected chi connectivity index (χ0v) is 11.8. The van der Waals surface area contributed by atoms with Gasteiger partial charge in [-0.3, -0.25) is 4.79 Å². The molecule has 21 heavy (non-hydrogen) atoms. The lowest BCUT2D eigenvalue weighted by Gasteiger charge is -1.97. The summed E-state index contributed by atoms with van der Waals surface area (Å²) in [5, 5.41) is -0.639. The summed E-state index contributed by atoms with van der Waals surface area (Å²) in [6, 6.07) is 11.0. The Bertz CT molecular complexity index is 649. The normalized spacial score (nSPS) is 11.6. The van der Waals surface area contributed by atoms with E-state index in [1.165, 1.54) is 18.2 Å². The van der Waals surface area contributed by atoms with Crippen LogP contribution < -0.4 is 15.2 Å². The fraction of sp³-hybridized carbons (Fsp3) is 0.133. The second-order valence-electron chi connectivity index (χ2n) is 4.18. The van der Waals surface area contributed by atoms with Crippen molar-refractivity contribution in [2.45, 2.75) is 6.54 Å². The fourth-order valence-electron chi connectivity index (χ4n) is 1.68. The first kappa shape index (κ1) is 15.3. The number of fused-ring (bicyclic) bond motifs is 1. The molecule has 4 nitrogen and oxygen atoms in total. The summed E-state index contributed by atoms with van der Waals surface area (Å²) in [5.41, 5.74) is 6.69. The molecule has 0 bridgehead atoms. The van der Waals surface area contributed by atoms with Crippen LogP contribution in [0.2, 0.25) is 0 Å². The Labute approximate surface area is 126 Å². The quantitative estimate of drug-likeness (QED) is 0.866. The van der Waals surface area contributed by atoms with E-state index in [4.69, 9.17) is 26.8 Å². The Kier molecular flexibility index (Phi) is 5.14. The minimum atomic E-state index is -0.639. The molecule has 0 unspecified atom stereocenters. The average molecular weight is 310 g/mol. The van der Waals surface area contributed by atoms with Crippen LogP contribution in [0.4, 0.5) is 4.39 Å². The van der Waals surface area contributed by atoms with Gasteiger partial charge in [0.15, 0.2) is 11.5 Å². The van der Waals surface area contributed by atoms with Gasteiger partial charge in [-0.25, -0.2) is 4.39 Å². The number of ether oxygens (including phenoxy) is 2. The van der Waals surface area contributed by atoms with Gasteiger partial charge in [-0.1, -0.05) is 12.1 Å². The molecule has 1 aliphatic rings. The van der Waals surface area contributed by atoms with Crippen molar-refractivity contribution in [3.05, 3.63) is 59.4 Å². The number of carbonyl (C=O) groups excluding carboxylic acids is 1. The third-order valence-electron chi connectivity index (χ3n) is 2.72. The maximum atomic E-state index is 12.3. The molecule has 0 atom stereocenters. The van der Waals surface area contributed by atoms with Gasteiger partial charge in [-0.2, -0.15) is 0 Å². The van der Waals surface area contributed by atoms with Gasteiger partial charge < -0.3 is 15.2 Å². The molecule has 0 aromatic heterocycles. The minimum Gasteiger partial charge on any atom is -0.454 e. The van der Waals surface area contributed by atoms with Crippen molar-refractivity contribution in [2.24, 2.45) is 5.73 Å². The number of carbonyl (C=O) groups is 1. The Hall–Kier alpha value is -2.11. The first-order valence-electron chi connectivity index (χ1n) is 6.14.